The van der Waals surface area contributed by atoms with Gasteiger partial charge in [0.25, 0.3) is 5.91 Å². The summed E-state index contributed by atoms with van der Waals surface area (Å²) in [6.45, 7) is 5.11. The highest BCUT2D eigenvalue weighted by Crippen LogP contribution is 2.35. The molecule has 2 heterocycles. The lowest BCUT2D eigenvalue weighted by Crippen LogP contribution is -2.31. The number of benzene rings is 2. The number of aryl methyl sites for hydroxylation is 1. The highest BCUT2D eigenvalue weighted by molar-refractivity contribution is 9.10. The van der Waals surface area contributed by atoms with Crippen molar-refractivity contribution in [3.63, 3.8) is 0 Å². The second kappa shape index (κ2) is 8.67. The van der Waals surface area contributed by atoms with Gasteiger partial charge in [-0.3, -0.25) is 9.69 Å². The van der Waals surface area contributed by atoms with Gasteiger partial charge in [-0.05, 0) is 49.1 Å². The van der Waals surface area contributed by atoms with E-state index in [0.29, 0.717) is 22.4 Å². The minimum atomic E-state index is -0.0547. The molecule has 0 N–H and O–H groups in total. The van der Waals surface area contributed by atoms with E-state index in [1.807, 2.05) is 12.1 Å². The zero-order valence-electron chi connectivity index (χ0n) is 16.9. The lowest BCUT2D eigenvalue weighted by atomic mass is 10.1. The Morgan fingerprint density at radius 2 is 1.90 bits per heavy atom. The summed E-state index contributed by atoms with van der Waals surface area (Å²) >= 11 is 10.4. The van der Waals surface area contributed by atoms with E-state index in [1.54, 1.807) is 12.0 Å². The summed E-state index contributed by atoms with van der Waals surface area (Å²) in [5.41, 5.74) is 4.34. The van der Waals surface area contributed by atoms with Gasteiger partial charge in [0.2, 0.25) is 0 Å². The van der Waals surface area contributed by atoms with Crippen molar-refractivity contribution in [2.45, 2.75) is 13.8 Å². The quantitative estimate of drug-likeness (QED) is 0.324. The van der Waals surface area contributed by atoms with Crippen LogP contribution in [0.15, 0.2) is 51.8 Å². The number of halogens is 1. The molecule has 30 heavy (non-hydrogen) atoms. The molecule has 4 nitrogen and oxygen atoms in total. The van der Waals surface area contributed by atoms with Crippen molar-refractivity contribution in [3.8, 4) is 5.69 Å². The molecule has 1 amide bonds. The van der Waals surface area contributed by atoms with Crippen LogP contribution in [0, 0.1) is 13.8 Å². The number of aromatic nitrogens is 1. The zero-order chi connectivity index (χ0) is 21.4. The Morgan fingerprint density at radius 1 is 1.17 bits per heavy atom. The minimum Gasteiger partial charge on any atom is -0.383 e. The van der Waals surface area contributed by atoms with Crippen molar-refractivity contribution in [1.82, 2.24) is 9.47 Å². The maximum absolute atomic E-state index is 12.8. The lowest BCUT2D eigenvalue weighted by Gasteiger charge is -2.14. The fraction of sp³-hybridized carbons (Fsp3) is 0.217. The molecule has 0 atom stereocenters. The molecular formula is C23H21BrN2O2S2. The molecule has 2 aromatic carbocycles. The average Bonchev–Trinajstić information content (AvgIpc) is 3.16. The average molecular weight is 501 g/mol. The third kappa shape index (κ3) is 3.75. The molecular weight excluding hydrogens is 480 g/mol. The molecule has 1 aliphatic rings. The first-order chi connectivity index (χ1) is 14.4. The zero-order valence-corrected chi connectivity index (χ0v) is 20.2. The number of carbonyl (C=O) groups is 1. The second-order valence-electron chi connectivity index (χ2n) is 7.10. The molecule has 1 aromatic heterocycles. The molecule has 1 saturated heterocycles. The topological polar surface area (TPSA) is 34.5 Å². The van der Waals surface area contributed by atoms with E-state index in [-0.39, 0.29) is 5.91 Å². The Kier molecular flexibility index (Phi) is 6.16. The Morgan fingerprint density at radius 3 is 2.63 bits per heavy atom. The van der Waals surface area contributed by atoms with Crippen LogP contribution in [0.5, 0.6) is 0 Å². The molecule has 1 fully saturated rings. The summed E-state index contributed by atoms with van der Waals surface area (Å²) in [5.74, 6) is -0.0547. The molecule has 0 radical (unpaired) electrons. The van der Waals surface area contributed by atoms with E-state index in [4.69, 9.17) is 17.0 Å². The normalized spacial score (nSPS) is 15.7. The summed E-state index contributed by atoms with van der Waals surface area (Å²) in [7, 11) is 1.62. The van der Waals surface area contributed by atoms with E-state index >= 15 is 0 Å². The van der Waals surface area contributed by atoms with Gasteiger partial charge in [0.1, 0.15) is 4.32 Å². The van der Waals surface area contributed by atoms with Gasteiger partial charge in [-0.2, -0.15) is 0 Å². The first-order valence-electron chi connectivity index (χ1n) is 9.53. The van der Waals surface area contributed by atoms with Crippen LogP contribution in [0.1, 0.15) is 17.0 Å². The van der Waals surface area contributed by atoms with Gasteiger partial charge in [0.15, 0.2) is 0 Å². The summed E-state index contributed by atoms with van der Waals surface area (Å²) in [4.78, 5) is 15.1. The summed E-state index contributed by atoms with van der Waals surface area (Å²) in [6.07, 6.45) is 1.95. The molecule has 154 valence electrons. The van der Waals surface area contributed by atoms with Gasteiger partial charge in [0, 0.05) is 28.4 Å². The van der Waals surface area contributed by atoms with Crippen LogP contribution < -0.4 is 0 Å². The molecule has 0 spiro atoms. The monoisotopic (exact) mass is 500 g/mol. The summed E-state index contributed by atoms with van der Waals surface area (Å²) in [5, 5.41) is 2.34. The van der Waals surface area contributed by atoms with Crippen molar-refractivity contribution in [1.29, 1.82) is 0 Å². The first-order valence-corrected chi connectivity index (χ1v) is 11.5. The highest BCUT2D eigenvalue weighted by Gasteiger charge is 2.32. The maximum Gasteiger partial charge on any atom is 0.266 e. The minimum absolute atomic E-state index is 0.0547. The number of nitrogens with zero attached hydrogens (tertiary/aromatic N) is 2. The van der Waals surface area contributed by atoms with E-state index in [1.165, 1.54) is 22.5 Å². The number of methoxy groups -OCH3 is 1. The van der Waals surface area contributed by atoms with E-state index in [0.717, 1.165) is 27.1 Å². The number of amides is 1. The molecule has 1 aliphatic heterocycles. The van der Waals surface area contributed by atoms with Crippen LogP contribution >= 0.6 is 39.9 Å². The number of thioether (sulfide) groups is 1. The van der Waals surface area contributed by atoms with E-state index in [2.05, 4.69) is 70.7 Å². The van der Waals surface area contributed by atoms with Crippen molar-refractivity contribution in [2.75, 3.05) is 20.3 Å². The van der Waals surface area contributed by atoms with Crippen LogP contribution in [0.25, 0.3) is 22.5 Å². The SMILES string of the molecule is COCCN1C(=O)/C(=C/c2cc(C)n(-c3ccc(Br)c4ccccc34)c2C)SC1=S. The second-order valence-corrected chi connectivity index (χ2v) is 9.63. The largest absolute Gasteiger partial charge is 0.383 e. The molecule has 0 bridgehead atoms. The summed E-state index contributed by atoms with van der Waals surface area (Å²) < 4.78 is 8.99. The molecule has 0 aliphatic carbocycles. The fourth-order valence-corrected chi connectivity index (χ4v) is 5.54. The number of hydrogen-bond acceptors (Lipinski definition) is 4. The number of hydrogen-bond donors (Lipinski definition) is 0. The molecule has 0 saturated carbocycles. The Bertz CT molecular complexity index is 1200. The van der Waals surface area contributed by atoms with Crippen LogP contribution in [-0.4, -0.2) is 40.0 Å². The number of rotatable bonds is 5. The smallest absolute Gasteiger partial charge is 0.266 e. The van der Waals surface area contributed by atoms with Crippen molar-refractivity contribution in [3.05, 3.63) is 68.8 Å². The van der Waals surface area contributed by atoms with Crippen LogP contribution in [0.3, 0.4) is 0 Å². The Labute approximate surface area is 194 Å². The lowest BCUT2D eigenvalue weighted by molar-refractivity contribution is -0.122. The molecule has 4 rings (SSSR count). The van der Waals surface area contributed by atoms with E-state index < -0.39 is 0 Å². The Hall–Kier alpha value is -1.93. The van der Waals surface area contributed by atoms with Crippen LogP contribution in [0.4, 0.5) is 0 Å². The highest BCUT2D eigenvalue weighted by atomic mass is 79.9. The third-order valence-corrected chi connectivity index (χ3v) is 7.31. The van der Waals surface area contributed by atoms with Gasteiger partial charge >= 0.3 is 0 Å². The maximum atomic E-state index is 12.8. The van der Waals surface area contributed by atoms with Gasteiger partial charge in [-0.25, -0.2) is 0 Å². The predicted octanol–water partition coefficient (Wildman–Crippen LogP) is 5.86. The van der Waals surface area contributed by atoms with Gasteiger partial charge in [-0.15, -0.1) is 0 Å². The first kappa shape index (κ1) is 21.3. The number of ether oxygens (including phenoxy) is 1. The van der Waals surface area contributed by atoms with Gasteiger partial charge < -0.3 is 9.30 Å². The number of thiocarbonyl (C=S) groups is 1. The predicted molar refractivity (Wildman–Crippen MR) is 132 cm³/mol. The fourth-order valence-electron chi connectivity index (χ4n) is 3.76. The third-order valence-electron chi connectivity index (χ3n) is 5.24. The summed E-state index contributed by atoms with van der Waals surface area (Å²) in [6, 6.07) is 14.7. The van der Waals surface area contributed by atoms with Crippen LogP contribution in [0.2, 0.25) is 0 Å². The van der Waals surface area contributed by atoms with Crippen molar-refractivity contribution < 1.29 is 9.53 Å². The van der Waals surface area contributed by atoms with E-state index in [9.17, 15) is 4.79 Å². The van der Waals surface area contributed by atoms with Gasteiger partial charge in [0.05, 0.1) is 23.7 Å². The molecule has 3 aromatic rings. The molecule has 0 unspecified atom stereocenters. The Balaban J connectivity index is 1.76. The molecule has 7 heteroatoms. The van der Waals surface area contributed by atoms with Crippen molar-refractivity contribution in [2.24, 2.45) is 0 Å². The standard InChI is InChI=1S/C23H21BrN2O2S2/c1-14-12-16(13-21-22(27)25(10-11-28-3)23(29)30-21)15(2)26(14)20-9-8-19(24)17-6-4-5-7-18(17)20/h4-9,12-13H,10-11H2,1-3H3/b21-13-. The van der Waals surface area contributed by atoms with Crippen molar-refractivity contribution >= 4 is 67.0 Å². The van der Waals surface area contributed by atoms with Crippen LogP contribution in [-0.2, 0) is 9.53 Å². The van der Waals surface area contributed by atoms with Gasteiger partial charge in [-0.1, -0.05) is 64.2 Å². The number of fused-ring (bicyclic) bond motifs is 1. The number of carbonyl (C=O) groups excluding carboxylic acids is 1.